The van der Waals surface area contributed by atoms with Crippen molar-refractivity contribution < 1.29 is 4.52 Å². The van der Waals surface area contributed by atoms with Gasteiger partial charge in [-0.25, -0.2) is 0 Å². The van der Waals surface area contributed by atoms with Crippen LogP contribution in [0.5, 0.6) is 0 Å². The maximum Gasteiger partial charge on any atom is 0.150 e. The molecule has 0 amide bonds. The molecule has 0 aliphatic carbocycles. The number of aromatic nitrogens is 1. The van der Waals surface area contributed by atoms with Crippen molar-refractivity contribution in [3.63, 3.8) is 0 Å². The third kappa shape index (κ3) is 2.69. The molecule has 94 valence electrons. The van der Waals surface area contributed by atoms with Crippen LogP contribution in [0.15, 0.2) is 16.8 Å². The third-order valence-corrected chi connectivity index (χ3v) is 4.08. The van der Waals surface area contributed by atoms with Crippen LogP contribution in [-0.4, -0.2) is 35.7 Å². The minimum atomic E-state index is 0.757. The Bertz CT molecular complexity index is 332. The molecule has 3 heterocycles. The van der Waals surface area contributed by atoms with Crippen LogP contribution in [0, 0.1) is 5.92 Å². The molecule has 4 nitrogen and oxygen atoms in total. The molecule has 1 aromatic heterocycles. The maximum atomic E-state index is 5.19. The molecule has 0 saturated carbocycles. The number of rotatable bonds is 3. The first kappa shape index (κ1) is 11.2. The zero-order chi connectivity index (χ0) is 11.5. The first-order chi connectivity index (χ1) is 8.42. The maximum absolute atomic E-state index is 5.19. The Morgan fingerprint density at radius 2 is 2.41 bits per heavy atom. The quantitative estimate of drug-likeness (QED) is 0.864. The van der Waals surface area contributed by atoms with Gasteiger partial charge >= 0.3 is 0 Å². The van der Waals surface area contributed by atoms with E-state index in [0.717, 1.165) is 24.3 Å². The standard InChI is InChI=1S/C13H21N3O/c1-4-13(14-6-1)11-3-2-8-16(9-11)10-12-5-7-15-17-12/h5,7,11,13-14H,1-4,6,8-10H2. The van der Waals surface area contributed by atoms with Gasteiger partial charge in [-0.15, -0.1) is 0 Å². The lowest BCUT2D eigenvalue weighted by atomic mass is 9.90. The normalized spacial score (nSPS) is 30.8. The Morgan fingerprint density at radius 1 is 1.41 bits per heavy atom. The molecular weight excluding hydrogens is 214 g/mol. The van der Waals surface area contributed by atoms with Crippen LogP contribution in [0.1, 0.15) is 31.4 Å². The van der Waals surface area contributed by atoms with Crippen LogP contribution in [-0.2, 0) is 6.54 Å². The fourth-order valence-electron chi connectivity index (χ4n) is 3.22. The monoisotopic (exact) mass is 235 g/mol. The molecule has 1 N–H and O–H groups in total. The Morgan fingerprint density at radius 3 is 3.18 bits per heavy atom. The average molecular weight is 235 g/mol. The van der Waals surface area contributed by atoms with Crippen LogP contribution in [0.3, 0.4) is 0 Å². The van der Waals surface area contributed by atoms with Gasteiger partial charge in [0.1, 0.15) is 0 Å². The van der Waals surface area contributed by atoms with Gasteiger partial charge in [-0.05, 0) is 44.7 Å². The van der Waals surface area contributed by atoms with Gasteiger partial charge in [0.2, 0.25) is 0 Å². The molecule has 2 atom stereocenters. The summed E-state index contributed by atoms with van der Waals surface area (Å²) in [6.45, 7) is 4.54. The summed E-state index contributed by atoms with van der Waals surface area (Å²) >= 11 is 0. The highest BCUT2D eigenvalue weighted by atomic mass is 16.5. The van der Waals surface area contributed by atoms with Gasteiger partial charge in [-0.3, -0.25) is 4.90 Å². The lowest BCUT2D eigenvalue weighted by Gasteiger charge is -2.35. The van der Waals surface area contributed by atoms with Crippen LogP contribution in [0.2, 0.25) is 0 Å². The summed E-state index contributed by atoms with van der Waals surface area (Å²) in [6, 6.07) is 2.73. The fourth-order valence-corrected chi connectivity index (χ4v) is 3.22. The van der Waals surface area contributed by atoms with Crippen molar-refractivity contribution in [1.29, 1.82) is 0 Å². The van der Waals surface area contributed by atoms with E-state index in [0.29, 0.717) is 0 Å². The smallest absolute Gasteiger partial charge is 0.150 e. The van der Waals surface area contributed by atoms with E-state index in [1.54, 1.807) is 6.20 Å². The molecule has 17 heavy (non-hydrogen) atoms. The van der Waals surface area contributed by atoms with Crippen molar-refractivity contribution in [2.24, 2.45) is 5.92 Å². The van der Waals surface area contributed by atoms with Crippen LogP contribution < -0.4 is 5.32 Å². The van der Waals surface area contributed by atoms with E-state index < -0.39 is 0 Å². The van der Waals surface area contributed by atoms with Crippen molar-refractivity contribution in [2.75, 3.05) is 19.6 Å². The number of nitrogens with zero attached hydrogens (tertiary/aromatic N) is 2. The van der Waals surface area contributed by atoms with Crippen molar-refractivity contribution in [2.45, 2.75) is 38.3 Å². The van der Waals surface area contributed by atoms with Gasteiger partial charge in [0.25, 0.3) is 0 Å². The highest BCUT2D eigenvalue weighted by Gasteiger charge is 2.29. The minimum absolute atomic E-state index is 0.757. The molecule has 2 fully saturated rings. The summed E-state index contributed by atoms with van der Waals surface area (Å²) < 4.78 is 5.19. The predicted molar refractivity (Wildman–Crippen MR) is 65.5 cm³/mol. The van der Waals surface area contributed by atoms with E-state index in [9.17, 15) is 0 Å². The second-order valence-corrected chi connectivity index (χ2v) is 5.32. The van der Waals surface area contributed by atoms with Gasteiger partial charge in [-0.2, -0.15) is 0 Å². The number of piperidine rings is 1. The Balaban J connectivity index is 1.55. The summed E-state index contributed by atoms with van der Waals surface area (Å²) in [5, 5.41) is 7.41. The molecule has 0 bridgehead atoms. The van der Waals surface area contributed by atoms with Crippen LogP contribution in [0.4, 0.5) is 0 Å². The van der Waals surface area contributed by atoms with E-state index >= 15 is 0 Å². The molecule has 2 aliphatic heterocycles. The van der Waals surface area contributed by atoms with Crippen molar-refractivity contribution >= 4 is 0 Å². The van der Waals surface area contributed by atoms with Gasteiger partial charge < -0.3 is 9.84 Å². The summed E-state index contributed by atoms with van der Waals surface area (Å²) in [5.74, 6) is 1.82. The van der Waals surface area contributed by atoms with Crippen molar-refractivity contribution in [3.8, 4) is 0 Å². The lowest BCUT2D eigenvalue weighted by molar-refractivity contribution is 0.134. The molecule has 0 radical (unpaired) electrons. The van der Waals surface area contributed by atoms with Gasteiger partial charge in [-0.1, -0.05) is 5.16 Å². The fraction of sp³-hybridized carbons (Fsp3) is 0.769. The molecule has 3 rings (SSSR count). The Hall–Kier alpha value is -0.870. The second-order valence-electron chi connectivity index (χ2n) is 5.32. The summed E-state index contributed by atoms with van der Waals surface area (Å²) in [7, 11) is 0. The largest absolute Gasteiger partial charge is 0.360 e. The highest BCUT2D eigenvalue weighted by molar-refractivity contribution is 4.94. The number of hydrogen-bond acceptors (Lipinski definition) is 4. The number of likely N-dealkylation sites (tertiary alicyclic amines) is 1. The SMILES string of the molecule is c1cc(CN2CCCC(C3CCCN3)C2)on1. The lowest BCUT2D eigenvalue weighted by Crippen LogP contribution is -2.43. The first-order valence-electron chi connectivity index (χ1n) is 6.77. The Kier molecular flexibility index (Phi) is 3.43. The summed E-state index contributed by atoms with van der Waals surface area (Å²) in [5.41, 5.74) is 0. The van der Waals surface area contributed by atoms with E-state index in [1.807, 2.05) is 6.07 Å². The molecular formula is C13H21N3O. The van der Waals surface area contributed by atoms with E-state index in [2.05, 4.69) is 15.4 Å². The third-order valence-electron chi connectivity index (χ3n) is 4.08. The number of nitrogens with one attached hydrogen (secondary N) is 1. The second kappa shape index (κ2) is 5.19. The van der Waals surface area contributed by atoms with Crippen molar-refractivity contribution in [3.05, 3.63) is 18.0 Å². The molecule has 4 heteroatoms. The first-order valence-corrected chi connectivity index (χ1v) is 6.77. The minimum Gasteiger partial charge on any atom is -0.360 e. The van der Waals surface area contributed by atoms with Gasteiger partial charge in [0, 0.05) is 18.7 Å². The average Bonchev–Trinajstić information content (AvgIpc) is 3.01. The zero-order valence-electron chi connectivity index (χ0n) is 10.3. The molecule has 2 saturated heterocycles. The van der Waals surface area contributed by atoms with E-state index in [1.165, 1.54) is 45.3 Å². The van der Waals surface area contributed by atoms with Gasteiger partial charge in [0.15, 0.2) is 5.76 Å². The number of hydrogen-bond donors (Lipinski definition) is 1. The van der Waals surface area contributed by atoms with Crippen molar-refractivity contribution in [1.82, 2.24) is 15.4 Å². The highest BCUT2D eigenvalue weighted by Crippen LogP contribution is 2.25. The van der Waals surface area contributed by atoms with E-state index in [-0.39, 0.29) is 0 Å². The molecule has 2 aliphatic rings. The molecule has 0 spiro atoms. The summed E-state index contributed by atoms with van der Waals surface area (Å²) in [4.78, 5) is 2.51. The predicted octanol–water partition coefficient (Wildman–Crippen LogP) is 1.64. The van der Waals surface area contributed by atoms with E-state index in [4.69, 9.17) is 4.52 Å². The van der Waals surface area contributed by atoms with Crippen LogP contribution in [0.25, 0.3) is 0 Å². The topological polar surface area (TPSA) is 41.3 Å². The summed E-state index contributed by atoms with van der Waals surface area (Å²) in [6.07, 6.45) is 7.14. The van der Waals surface area contributed by atoms with Gasteiger partial charge in [0.05, 0.1) is 12.7 Å². The zero-order valence-corrected chi connectivity index (χ0v) is 10.3. The van der Waals surface area contributed by atoms with Crippen LogP contribution >= 0.6 is 0 Å². The molecule has 1 aromatic rings. The molecule has 2 unspecified atom stereocenters. The Labute approximate surface area is 102 Å². The molecule has 0 aromatic carbocycles.